The van der Waals surface area contributed by atoms with Crippen LogP contribution in [0.5, 0.6) is 5.75 Å². The standard InChI is InChI=1S/C22H24Cl2N4O2S/c1-5-28-21(15(4)30-17-8-6-13(2)14(3)10-17)26-27-22(28)31-12-20(29)25-19-11-16(23)7-9-18(19)24/h6-11,15H,5,12H2,1-4H3,(H,25,29). The Morgan fingerprint density at radius 3 is 2.65 bits per heavy atom. The highest BCUT2D eigenvalue weighted by atomic mass is 35.5. The predicted octanol–water partition coefficient (Wildman–Crippen LogP) is 6.09. The number of nitrogens with one attached hydrogen (secondary N) is 1. The largest absolute Gasteiger partial charge is 0.483 e. The van der Waals surface area contributed by atoms with Crippen molar-refractivity contribution < 1.29 is 9.53 Å². The van der Waals surface area contributed by atoms with E-state index >= 15 is 0 Å². The van der Waals surface area contributed by atoms with Gasteiger partial charge in [-0.1, -0.05) is 41.0 Å². The maximum atomic E-state index is 12.4. The molecule has 1 atom stereocenters. The summed E-state index contributed by atoms with van der Waals surface area (Å²) in [5.74, 6) is 1.45. The maximum Gasteiger partial charge on any atom is 0.234 e. The van der Waals surface area contributed by atoms with Crippen LogP contribution in [0.1, 0.15) is 36.9 Å². The molecule has 1 heterocycles. The Labute approximate surface area is 196 Å². The number of hydrogen-bond acceptors (Lipinski definition) is 5. The molecule has 0 radical (unpaired) electrons. The Morgan fingerprint density at radius 1 is 1.16 bits per heavy atom. The van der Waals surface area contributed by atoms with Crippen LogP contribution in [0.15, 0.2) is 41.6 Å². The van der Waals surface area contributed by atoms with E-state index in [4.69, 9.17) is 27.9 Å². The Hall–Kier alpha value is -2.22. The number of aromatic nitrogens is 3. The van der Waals surface area contributed by atoms with Crippen LogP contribution in [0, 0.1) is 13.8 Å². The van der Waals surface area contributed by atoms with Gasteiger partial charge in [0, 0.05) is 11.6 Å². The van der Waals surface area contributed by atoms with Crippen molar-refractivity contribution in [1.82, 2.24) is 14.8 Å². The van der Waals surface area contributed by atoms with Gasteiger partial charge in [-0.05, 0) is 69.2 Å². The van der Waals surface area contributed by atoms with Gasteiger partial charge in [0.15, 0.2) is 17.1 Å². The molecule has 0 saturated carbocycles. The van der Waals surface area contributed by atoms with Crippen molar-refractivity contribution >= 4 is 46.6 Å². The minimum atomic E-state index is -0.289. The highest BCUT2D eigenvalue weighted by Crippen LogP contribution is 2.28. The van der Waals surface area contributed by atoms with E-state index in [0.29, 0.717) is 33.3 Å². The van der Waals surface area contributed by atoms with Crippen molar-refractivity contribution in [2.75, 3.05) is 11.1 Å². The van der Waals surface area contributed by atoms with Crippen molar-refractivity contribution in [2.24, 2.45) is 0 Å². The molecule has 0 spiro atoms. The summed E-state index contributed by atoms with van der Waals surface area (Å²) < 4.78 is 8.04. The molecule has 3 rings (SSSR count). The number of amides is 1. The Morgan fingerprint density at radius 2 is 1.94 bits per heavy atom. The number of carbonyl (C=O) groups excluding carboxylic acids is 1. The molecule has 1 aromatic heterocycles. The second kappa shape index (κ2) is 10.4. The van der Waals surface area contributed by atoms with Crippen LogP contribution >= 0.6 is 35.0 Å². The molecular weight excluding hydrogens is 455 g/mol. The highest BCUT2D eigenvalue weighted by Gasteiger charge is 2.20. The molecule has 9 heteroatoms. The average Bonchev–Trinajstić information content (AvgIpc) is 3.15. The molecule has 0 aliphatic carbocycles. The van der Waals surface area contributed by atoms with Gasteiger partial charge < -0.3 is 14.6 Å². The van der Waals surface area contributed by atoms with E-state index in [0.717, 1.165) is 5.75 Å². The number of ether oxygens (including phenoxy) is 1. The SMILES string of the molecule is CCn1c(SCC(=O)Nc2cc(Cl)ccc2Cl)nnc1C(C)Oc1ccc(C)c(C)c1. The number of anilines is 1. The summed E-state index contributed by atoms with van der Waals surface area (Å²) in [6.07, 6.45) is -0.289. The van der Waals surface area contributed by atoms with E-state index in [9.17, 15) is 4.79 Å². The van der Waals surface area contributed by atoms with Crippen LogP contribution in [0.4, 0.5) is 5.69 Å². The van der Waals surface area contributed by atoms with Crippen LogP contribution in [0.25, 0.3) is 0 Å². The summed E-state index contributed by atoms with van der Waals surface area (Å²) in [4.78, 5) is 12.4. The Bertz CT molecular complexity index is 1090. The van der Waals surface area contributed by atoms with Crippen molar-refractivity contribution in [3.8, 4) is 5.75 Å². The molecule has 1 N–H and O–H groups in total. The van der Waals surface area contributed by atoms with Gasteiger partial charge in [-0.25, -0.2) is 0 Å². The lowest BCUT2D eigenvalue weighted by molar-refractivity contribution is -0.113. The van der Waals surface area contributed by atoms with Gasteiger partial charge >= 0.3 is 0 Å². The summed E-state index contributed by atoms with van der Waals surface area (Å²) in [5, 5.41) is 12.9. The molecule has 0 saturated heterocycles. The lowest BCUT2D eigenvalue weighted by Gasteiger charge is -2.16. The van der Waals surface area contributed by atoms with Crippen LogP contribution < -0.4 is 10.1 Å². The van der Waals surface area contributed by atoms with Gasteiger partial charge in [0.2, 0.25) is 5.91 Å². The lowest BCUT2D eigenvalue weighted by atomic mass is 10.1. The molecule has 0 aliphatic rings. The zero-order valence-corrected chi connectivity index (χ0v) is 20.1. The van der Waals surface area contributed by atoms with E-state index < -0.39 is 0 Å². The van der Waals surface area contributed by atoms with E-state index in [2.05, 4.69) is 29.4 Å². The smallest absolute Gasteiger partial charge is 0.234 e. The van der Waals surface area contributed by atoms with Gasteiger partial charge in [0.05, 0.1) is 16.5 Å². The van der Waals surface area contributed by atoms with Crippen LogP contribution in [0.2, 0.25) is 10.0 Å². The number of rotatable bonds is 8. The third kappa shape index (κ3) is 5.93. The zero-order valence-electron chi connectivity index (χ0n) is 17.8. The highest BCUT2D eigenvalue weighted by molar-refractivity contribution is 7.99. The first-order valence-electron chi connectivity index (χ1n) is 9.83. The van der Waals surface area contributed by atoms with Crippen LogP contribution in [0.3, 0.4) is 0 Å². The fourth-order valence-corrected chi connectivity index (χ4v) is 4.10. The Kier molecular flexibility index (Phi) is 7.86. The number of benzene rings is 2. The molecule has 1 unspecified atom stereocenters. The number of aryl methyl sites for hydroxylation is 2. The number of nitrogens with zero attached hydrogens (tertiary/aromatic N) is 3. The molecule has 31 heavy (non-hydrogen) atoms. The topological polar surface area (TPSA) is 69.0 Å². The van der Waals surface area contributed by atoms with Crippen LogP contribution in [-0.2, 0) is 11.3 Å². The molecule has 1 amide bonds. The van der Waals surface area contributed by atoms with Gasteiger partial charge in [0.25, 0.3) is 0 Å². The van der Waals surface area contributed by atoms with E-state index in [1.807, 2.05) is 36.6 Å². The first-order valence-corrected chi connectivity index (χ1v) is 11.6. The van der Waals surface area contributed by atoms with Crippen molar-refractivity contribution in [2.45, 2.75) is 45.5 Å². The zero-order chi connectivity index (χ0) is 22.5. The van der Waals surface area contributed by atoms with E-state index in [1.54, 1.807) is 18.2 Å². The van der Waals surface area contributed by atoms with E-state index in [-0.39, 0.29) is 17.8 Å². The molecule has 2 aromatic carbocycles. The van der Waals surface area contributed by atoms with E-state index in [1.165, 1.54) is 22.9 Å². The fourth-order valence-electron chi connectivity index (χ4n) is 2.96. The summed E-state index contributed by atoms with van der Waals surface area (Å²) >= 11 is 13.4. The molecule has 164 valence electrons. The maximum absolute atomic E-state index is 12.4. The average molecular weight is 479 g/mol. The molecule has 0 aliphatic heterocycles. The first-order chi connectivity index (χ1) is 14.8. The number of halogens is 2. The van der Waals surface area contributed by atoms with Gasteiger partial charge in [-0.2, -0.15) is 0 Å². The van der Waals surface area contributed by atoms with Gasteiger partial charge in [0.1, 0.15) is 5.75 Å². The van der Waals surface area contributed by atoms with Crippen molar-refractivity contribution in [3.63, 3.8) is 0 Å². The molecule has 6 nitrogen and oxygen atoms in total. The monoisotopic (exact) mass is 478 g/mol. The first kappa shape index (κ1) is 23.4. The lowest BCUT2D eigenvalue weighted by Crippen LogP contribution is -2.15. The third-order valence-corrected chi connectivity index (χ3v) is 6.28. The Balaban J connectivity index is 1.65. The summed E-state index contributed by atoms with van der Waals surface area (Å²) in [7, 11) is 0. The second-order valence-electron chi connectivity index (χ2n) is 7.05. The quantitative estimate of drug-likeness (QED) is 0.396. The van der Waals surface area contributed by atoms with Gasteiger partial charge in [-0.3, -0.25) is 4.79 Å². The van der Waals surface area contributed by atoms with Crippen molar-refractivity contribution in [3.05, 3.63) is 63.4 Å². The van der Waals surface area contributed by atoms with Crippen molar-refractivity contribution in [1.29, 1.82) is 0 Å². The molecule has 0 fully saturated rings. The molecule has 3 aromatic rings. The minimum Gasteiger partial charge on any atom is -0.483 e. The molecular formula is C22H24Cl2N4O2S. The number of hydrogen-bond donors (Lipinski definition) is 1. The van der Waals surface area contributed by atoms with Crippen LogP contribution in [-0.4, -0.2) is 26.4 Å². The predicted molar refractivity (Wildman–Crippen MR) is 126 cm³/mol. The number of carbonyl (C=O) groups is 1. The normalized spacial score (nSPS) is 11.9. The minimum absolute atomic E-state index is 0.160. The fraction of sp³-hybridized carbons (Fsp3) is 0.318. The molecule has 0 bridgehead atoms. The summed E-state index contributed by atoms with van der Waals surface area (Å²) in [6.45, 7) is 8.72. The summed E-state index contributed by atoms with van der Waals surface area (Å²) in [5.41, 5.74) is 2.87. The number of thioether (sulfide) groups is 1. The third-order valence-electron chi connectivity index (χ3n) is 4.75. The summed E-state index contributed by atoms with van der Waals surface area (Å²) in [6, 6.07) is 10.9. The second-order valence-corrected chi connectivity index (χ2v) is 8.84. The van der Waals surface area contributed by atoms with Gasteiger partial charge in [-0.15, -0.1) is 10.2 Å².